The number of ether oxygens (including phenoxy) is 2. The molecule has 0 saturated carbocycles. The Morgan fingerprint density at radius 1 is 1.17 bits per heavy atom. The van der Waals surface area contributed by atoms with E-state index in [4.69, 9.17) is 9.47 Å². The number of likely N-dealkylation sites (tertiary alicyclic amines) is 1. The molecule has 0 aliphatic carbocycles. The molecule has 2 aromatic carbocycles. The summed E-state index contributed by atoms with van der Waals surface area (Å²) in [5.41, 5.74) is 2.10. The molecule has 0 aromatic heterocycles. The maximum Gasteiger partial charge on any atom is 0.248 e. The van der Waals surface area contributed by atoms with Crippen LogP contribution in [0.25, 0.3) is 0 Å². The molecular weight excluding hydrogens is 387 g/mol. The van der Waals surface area contributed by atoms with Gasteiger partial charge < -0.3 is 19.7 Å². The van der Waals surface area contributed by atoms with Crippen LogP contribution in [0.5, 0.6) is 5.75 Å². The summed E-state index contributed by atoms with van der Waals surface area (Å²) in [4.78, 5) is 27.2. The highest BCUT2D eigenvalue weighted by atomic mass is 19.1. The second-order valence-electron chi connectivity index (χ2n) is 7.59. The summed E-state index contributed by atoms with van der Waals surface area (Å²) in [6.45, 7) is 2.45. The van der Waals surface area contributed by atoms with E-state index in [0.29, 0.717) is 36.5 Å². The van der Waals surface area contributed by atoms with Crippen molar-refractivity contribution in [3.8, 4) is 5.75 Å². The molecule has 0 spiro atoms. The number of rotatable bonds is 6. The van der Waals surface area contributed by atoms with Crippen LogP contribution in [0, 0.1) is 18.7 Å². The first kappa shape index (κ1) is 21.8. The van der Waals surface area contributed by atoms with Gasteiger partial charge in [0.25, 0.3) is 0 Å². The number of hydrogen-bond donors (Lipinski definition) is 1. The molecule has 1 N–H and O–H groups in total. The van der Waals surface area contributed by atoms with Gasteiger partial charge in [-0.1, -0.05) is 18.2 Å². The van der Waals surface area contributed by atoms with Gasteiger partial charge in [-0.15, -0.1) is 0 Å². The molecule has 2 amide bonds. The van der Waals surface area contributed by atoms with Crippen LogP contribution in [0.2, 0.25) is 0 Å². The van der Waals surface area contributed by atoms with Crippen LogP contribution in [0.15, 0.2) is 42.5 Å². The molecule has 7 heteroatoms. The van der Waals surface area contributed by atoms with Gasteiger partial charge in [-0.2, -0.15) is 0 Å². The smallest absolute Gasteiger partial charge is 0.248 e. The molecule has 0 bridgehead atoms. The predicted molar refractivity (Wildman–Crippen MR) is 112 cm³/mol. The summed E-state index contributed by atoms with van der Waals surface area (Å²) in [6, 6.07) is 12.1. The number of hydrogen-bond acceptors (Lipinski definition) is 4. The standard InChI is InChI=1S/C23H27FN2O4/c1-15-9-16(7-8-21(15)24)17-10-18(13-26(12-17)22(27)14-29-2)23(28)25-19-5-4-6-20(11-19)30-3/h4-9,11,17-18H,10,12-14H2,1-3H3,(H,25,28). The van der Waals surface area contributed by atoms with Gasteiger partial charge in [-0.3, -0.25) is 9.59 Å². The number of carbonyl (C=O) groups is 2. The monoisotopic (exact) mass is 414 g/mol. The largest absolute Gasteiger partial charge is 0.497 e. The number of carbonyl (C=O) groups excluding carboxylic acids is 2. The molecule has 2 atom stereocenters. The zero-order valence-corrected chi connectivity index (χ0v) is 17.5. The van der Waals surface area contributed by atoms with Crippen molar-refractivity contribution >= 4 is 17.5 Å². The Kier molecular flexibility index (Phi) is 7.05. The molecule has 160 valence electrons. The minimum Gasteiger partial charge on any atom is -0.497 e. The number of halogens is 1. The first-order valence-electron chi connectivity index (χ1n) is 9.89. The van der Waals surface area contributed by atoms with Gasteiger partial charge in [0.1, 0.15) is 18.2 Å². The minimum absolute atomic E-state index is 0.0423. The lowest BCUT2D eigenvalue weighted by molar-refractivity contribution is -0.138. The lowest BCUT2D eigenvalue weighted by atomic mass is 9.83. The first-order chi connectivity index (χ1) is 14.4. The van der Waals surface area contributed by atoms with Gasteiger partial charge in [0, 0.05) is 37.9 Å². The van der Waals surface area contributed by atoms with Crippen LogP contribution in [-0.4, -0.2) is 50.6 Å². The third-order valence-electron chi connectivity index (χ3n) is 5.43. The van der Waals surface area contributed by atoms with Crippen molar-refractivity contribution in [2.24, 2.45) is 5.92 Å². The van der Waals surface area contributed by atoms with Crippen LogP contribution in [0.3, 0.4) is 0 Å². The number of nitrogens with one attached hydrogen (secondary N) is 1. The number of aryl methyl sites for hydroxylation is 1. The first-order valence-corrected chi connectivity index (χ1v) is 9.89. The van der Waals surface area contributed by atoms with Crippen LogP contribution < -0.4 is 10.1 Å². The number of piperidine rings is 1. The van der Waals surface area contributed by atoms with Crippen molar-refractivity contribution in [3.05, 3.63) is 59.4 Å². The molecule has 6 nitrogen and oxygen atoms in total. The molecule has 0 radical (unpaired) electrons. The fourth-order valence-electron chi connectivity index (χ4n) is 3.82. The molecular formula is C23H27FN2O4. The molecule has 1 aliphatic rings. The van der Waals surface area contributed by atoms with Gasteiger partial charge in [0.05, 0.1) is 13.0 Å². The summed E-state index contributed by atoms with van der Waals surface area (Å²) in [6.07, 6.45) is 0.567. The highest BCUT2D eigenvalue weighted by Gasteiger charge is 2.34. The Bertz CT molecular complexity index is 918. The average molecular weight is 414 g/mol. The SMILES string of the molecule is COCC(=O)N1CC(C(=O)Nc2cccc(OC)c2)CC(c2ccc(F)c(C)c2)C1. The Hall–Kier alpha value is -2.93. The van der Waals surface area contributed by atoms with E-state index in [-0.39, 0.29) is 30.2 Å². The molecule has 1 fully saturated rings. The normalized spacial score (nSPS) is 18.7. The number of methoxy groups -OCH3 is 2. The van der Waals surface area contributed by atoms with Gasteiger partial charge in [0.2, 0.25) is 11.8 Å². The van der Waals surface area contributed by atoms with E-state index < -0.39 is 5.92 Å². The zero-order valence-electron chi connectivity index (χ0n) is 17.5. The Morgan fingerprint density at radius 2 is 1.97 bits per heavy atom. The van der Waals surface area contributed by atoms with E-state index in [1.165, 1.54) is 13.2 Å². The number of anilines is 1. The summed E-state index contributed by atoms with van der Waals surface area (Å²) >= 11 is 0. The van der Waals surface area contributed by atoms with Crippen molar-refractivity contribution in [3.63, 3.8) is 0 Å². The van der Waals surface area contributed by atoms with Crippen molar-refractivity contribution in [1.82, 2.24) is 4.90 Å². The molecule has 30 heavy (non-hydrogen) atoms. The third-order valence-corrected chi connectivity index (χ3v) is 5.43. The molecule has 3 rings (SSSR count). The molecule has 2 aromatic rings. The molecule has 1 heterocycles. The van der Waals surface area contributed by atoms with Gasteiger partial charge in [-0.25, -0.2) is 4.39 Å². The highest BCUT2D eigenvalue weighted by Crippen LogP contribution is 2.32. The number of benzene rings is 2. The van der Waals surface area contributed by atoms with Crippen molar-refractivity contribution in [2.45, 2.75) is 19.3 Å². The number of amides is 2. The van der Waals surface area contributed by atoms with Gasteiger partial charge >= 0.3 is 0 Å². The van der Waals surface area contributed by atoms with Gasteiger partial charge in [0.15, 0.2) is 0 Å². The summed E-state index contributed by atoms with van der Waals surface area (Å²) < 4.78 is 23.9. The topological polar surface area (TPSA) is 67.9 Å². The van der Waals surface area contributed by atoms with E-state index in [2.05, 4.69) is 5.32 Å². The van der Waals surface area contributed by atoms with Crippen LogP contribution in [0.1, 0.15) is 23.5 Å². The molecule has 1 saturated heterocycles. The average Bonchev–Trinajstić information content (AvgIpc) is 2.75. The van der Waals surface area contributed by atoms with Crippen LogP contribution >= 0.6 is 0 Å². The highest BCUT2D eigenvalue weighted by molar-refractivity contribution is 5.93. The fraction of sp³-hybridized carbons (Fsp3) is 0.391. The van der Waals surface area contributed by atoms with Crippen molar-refractivity contribution in [2.75, 3.05) is 39.2 Å². The molecule has 2 unspecified atom stereocenters. The Balaban J connectivity index is 1.81. The second-order valence-corrected chi connectivity index (χ2v) is 7.59. The third kappa shape index (κ3) is 5.16. The van der Waals surface area contributed by atoms with Gasteiger partial charge in [-0.05, 0) is 42.7 Å². The summed E-state index contributed by atoms with van der Waals surface area (Å²) in [5.74, 6) is -0.426. The minimum atomic E-state index is -0.402. The summed E-state index contributed by atoms with van der Waals surface area (Å²) in [5, 5.41) is 2.92. The quantitative estimate of drug-likeness (QED) is 0.787. The lowest BCUT2D eigenvalue weighted by Gasteiger charge is -2.37. The van der Waals surface area contributed by atoms with E-state index in [1.807, 2.05) is 0 Å². The van der Waals surface area contributed by atoms with Crippen LogP contribution in [-0.2, 0) is 14.3 Å². The lowest BCUT2D eigenvalue weighted by Crippen LogP contribution is -2.47. The van der Waals surface area contributed by atoms with E-state index in [0.717, 1.165) is 5.56 Å². The summed E-state index contributed by atoms with van der Waals surface area (Å²) in [7, 11) is 3.03. The maximum atomic E-state index is 13.7. The number of nitrogens with zero attached hydrogens (tertiary/aromatic N) is 1. The van der Waals surface area contributed by atoms with Crippen LogP contribution in [0.4, 0.5) is 10.1 Å². The van der Waals surface area contributed by atoms with Crippen molar-refractivity contribution < 1.29 is 23.5 Å². The van der Waals surface area contributed by atoms with E-state index >= 15 is 0 Å². The second kappa shape index (κ2) is 9.71. The Labute approximate surface area is 176 Å². The fourth-order valence-corrected chi connectivity index (χ4v) is 3.82. The van der Waals surface area contributed by atoms with Crippen molar-refractivity contribution in [1.29, 1.82) is 0 Å². The Morgan fingerprint density at radius 3 is 2.67 bits per heavy atom. The van der Waals surface area contributed by atoms with E-state index in [9.17, 15) is 14.0 Å². The maximum absolute atomic E-state index is 13.7. The van der Waals surface area contributed by atoms with E-state index in [1.54, 1.807) is 55.3 Å². The zero-order chi connectivity index (χ0) is 21.7. The molecule has 1 aliphatic heterocycles. The predicted octanol–water partition coefficient (Wildman–Crippen LogP) is 3.36.